The third-order valence-corrected chi connectivity index (χ3v) is 4.61. The van der Waals surface area contributed by atoms with Crippen molar-refractivity contribution >= 4 is 11.9 Å². The number of carboxylic acid groups (broad SMARTS) is 1. The molecule has 1 atom stereocenters. The van der Waals surface area contributed by atoms with Gasteiger partial charge in [-0.3, -0.25) is 9.59 Å². The number of carbonyl (C=O) groups excluding carboxylic acids is 1. The van der Waals surface area contributed by atoms with Gasteiger partial charge in [-0.25, -0.2) is 0 Å². The lowest BCUT2D eigenvalue weighted by atomic mass is 9.97. The van der Waals surface area contributed by atoms with Crippen LogP contribution in [0.4, 0.5) is 0 Å². The van der Waals surface area contributed by atoms with Crippen LogP contribution < -0.4 is 5.32 Å². The summed E-state index contributed by atoms with van der Waals surface area (Å²) in [6.07, 6.45) is 6.85. The molecule has 2 saturated carbocycles. The van der Waals surface area contributed by atoms with E-state index >= 15 is 0 Å². The highest BCUT2D eigenvalue weighted by atomic mass is 16.5. The van der Waals surface area contributed by atoms with Crippen molar-refractivity contribution in [3.63, 3.8) is 0 Å². The molecule has 114 valence electrons. The Balaban J connectivity index is 1.75. The molecule has 0 saturated heterocycles. The topological polar surface area (TPSA) is 75.6 Å². The van der Waals surface area contributed by atoms with Crippen LogP contribution in [0.2, 0.25) is 0 Å². The van der Waals surface area contributed by atoms with Crippen molar-refractivity contribution in [2.24, 2.45) is 11.3 Å². The van der Waals surface area contributed by atoms with Crippen molar-refractivity contribution in [1.82, 2.24) is 5.32 Å². The van der Waals surface area contributed by atoms with Gasteiger partial charge < -0.3 is 15.2 Å². The van der Waals surface area contributed by atoms with Crippen LogP contribution in [0.15, 0.2) is 0 Å². The number of aliphatic carboxylic acids is 1. The Hall–Kier alpha value is -1.10. The zero-order valence-corrected chi connectivity index (χ0v) is 12.2. The van der Waals surface area contributed by atoms with E-state index in [0.717, 1.165) is 6.42 Å². The van der Waals surface area contributed by atoms with Gasteiger partial charge >= 0.3 is 5.97 Å². The van der Waals surface area contributed by atoms with Crippen LogP contribution in [0, 0.1) is 11.3 Å². The van der Waals surface area contributed by atoms with Gasteiger partial charge in [0.15, 0.2) is 0 Å². The van der Waals surface area contributed by atoms with Crippen LogP contribution >= 0.6 is 0 Å². The number of carbonyl (C=O) groups is 2. The lowest BCUT2D eigenvalue weighted by Gasteiger charge is -2.23. The summed E-state index contributed by atoms with van der Waals surface area (Å²) in [5.41, 5.74) is -1.13. The molecule has 5 nitrogen and oxygen atoms in total. The lowest BCUT2D eigenvalue weighted by Crippen LogP contribution is -2.39. The van der Waals surface area contributed by atoms with Crippen LogP contribution in [-0.2, 0) is 14.3 Å². The molecule has 20 heavy (non-hydrogen) atoms. The molecule has 2 fully saturated rings. The molecule has 2 aliphatic rings. The Morgan fingerprint density at radius 3 is 2.50 bits per heavy atom. The van der Waals surface area contributed by atoms with E-state index in [1.54, 1.807) is 0 Å². The first-order valence-electron chi connectivity index (χ1n) is 7.73. The maximum atomic E-state index is 11.9. The molecule has 0 spiro atoms. The van der Waals surface area contributed by atoms with Crippen molar-refractivity contribution in [2.45, 2.75) is 58.0 Å². The molecule has 2 aliphatic carbocycles. The van der Waals surface area contributed by atoms with Gasteiger partial charge in [0.25, 0.3) is 0 Å². The number of amides is 1. The summed E-state index contributed by atoms with van der Waals surface area (Å²) in [5.74, 6) is -0.722. The molecule has 1 unspecified atom stereocenters. The largest absolute Gasteiger partial charge is 0.480 e. The van der Waals surface area contributed by atoms with Crippen molar-refractivity contribution in [3.8, 4) is 0 Å². The summed E-state index contributed by atoms with van der Waals surface area (Å²) >= 11 is 0. The highest BCUT2D eigenvalue weighted by molar-refractivity contribution is 6.04. The van der Waals surface area contributed by atoms with E-state index < -0.39 is 11.4 Å². The van der Waals surface area contributed by atoms with Gasteiger partial charge in [0.2, 0.25) is 5.91 Å². The summed E-state index contributed by atoms with van der Waals surface area (Å²) in [7, 11) is 0. The van der Waals surface area contributed by atoms with Crippen molar-refractivity contribution < 1.29 is 19.4 Å². The molecule has 0 radical (unpaired) electrons. The van der Waals surface area contributed by atoms with E-state index in [1.165, 1.54) is 25.7 Å². The standard InChI is InChI=1S/C15H25NO4/c1-2-20-12(11-5-3-4-6-11)7-10-16-13(17)15(8-9-15)14(18)19/h11-12H,2-10H2,1H3,(H,16,17)(H,18,19). The Kier molecular flexibility index (Phi) is 5.02. The first kappa shape index (κ1) is 15.3. The number of carboxylic acids is 1. The predicted octanol–water partition coefficient (Wildman–Crippen LogP) is 1.95. The van der Waals surface area contributed by atoms with Gasteiger partial charge in [-0.05, 0) is 44.9 Å². The van der Waals surface area contributed by atoms with Gasteiger partial charge in [-0.1, -0.05) is 12.8 Å². The van der Waals surface area contributed by atoms with Crippen LogP contribution in [-0.4, -0.2) is 36.2 Å². The highest BCUT2D eigenvalue weighted by Crippen LogP contribution is 2.46. The Labute approximate surface area is 120 Å². The van der Waals surface area contributed by atoms with Gasteiger partial charge in [-0.2, -0.15) is 0 Å². The average Bonchev–Trinajstić information content (AvgIpc) is 3.07. The van der Waals surface area contributed by atoms with Crippen LogP contribution in [0.5, 0.6) is 0 Å². The molecule has 0 aromatic heterocycles. The third-order valence-electron chi connectivity index (χ3n) is 4.61. The summed E-state index contributed by atoms with van der Waals surface area (Å²) < 4.78 is 5.79. The van der Waals surface area contributed by atoms with Gasteiger partial charge in [0.1, 0.15) is 5.41 Å². The molecule has 2 N–H and O–H groups in total. The molecule has 2 rings (SSSR count). The smallest absolute Gasteiger partial charge is 0.319 e. The zero-order chi connectivity index (χ0) is 14.6. The molecular formula is C15H25NO4. The molecule has 0 aliphatic heterocycles. The fourth-order valence-electron chi connectivity index (χ4n) is 3.16. The Bertz CT molecular complexity index is 359. The maximum Gasteiger partial charge on any atom is 0.319 e. The van der Waals surface area contributed by atoms with Crippen LogP contribution in [0.3, 0.4) is 0 Å². The van der Waals surface area contributed by atoms with Gasteiger partial charge in [0, 0.05) is 13.2 Å². The molecule has 0 bridgehead atoms. The SMILES string of the molecule is CCOC(CCNC(=O)C1(C(=O)O)CC1)C1CCCC1. The van der Waals surface area contributed by atoms with E-state index in [-0.39, 0.29) is 12.0 Å². The summed E-state index contributed by atoms with van der Waals surface area (Å²) in [5, 5.41) is 11.8. The van der Waals surface area contributed by atoms with E-state index in [1.807, 2.05) is 6.92 Å². The number of hydrogen-bond donors (Lipinski definition) is 2. The van der Waals surface area contributed by atoms with E-state index in [0.29, 0.717) is 31.9 Å². The van der Waals surface area contributed by atoms with E-state index in [2.05, 4.69) is 5.32 Å². The monoisotopic (exact) mass is 283 g/mol. The number of nitrogens with one attached hydrogen (secondary N) is 1. The van der Waals surface area contributed by atoms with Crippen LogP contribution in [0.25, 0.3) is 0 Å². The molecule has 5 heteroatoms. The number of ether oxygens (including phenoxy) is 1. The molecule has 0 heterocycles. The van der Waals surface area contributed by atoms with Crippen molar-refractivity contribution in [3.05, 3.63) is 0 Å². The first-order chi connectivity index (χ1) is 9.60. The van der Waals surface area contributed by atoms with Crippen LogP contribution in [0.1, 0.15) is 51.9 Å². The van der Waals surface area contributed by atoms with Crippen molar-refractivity contribution in [2.75, 3.05) is 13.2 Å². The second kappa shape index (κ2) is 6.57. The molecule has 0 aromatic rings. The summed E-state index contributed by atoms with van der Waals surface area (Å²) in [4.78, 5) is 22.9. The minimum absolute atomic E-state index is 0.197. The third kappa shape index (κ3) is 3.32. The lowest BCUT2D eigenvalue weighted by molar-refractivity contribution is -0.149. The second-order valence-electron chi connectivity index (χ2n) is 5.97. The zero-order valence-electron chi connectivity index (χ0n) is 12.2. The minimum Gasteiger partial charge on any atom is -0.480 e. The molecule has 0 aromatic carbocycles. The van der Waals surface area contributed by atoms with Gasteiger partial charge in [-0.15, -0.1) is 0 Å². The van der Waals surface area contributed by atoms with Gasteiger partial charge in [0.05, 0.1) is 6.10 Å². The summed E-state index contributed by atoms with van der Waals surface area (Å²) in [6.45, 7) is 3.19. The fourth-order valence-corrected chi connectivity index (χ4v) is 3.16. The predicted molar refractivity (Wildman–Crippen MR) is 74.3 cm³/mol. The number of hydrogen-bond acceptors (Lipinski definition) is 3. The normalized spacial score (nSPS) is 22.4. The Morgan fingerprint density at radius 2 is 2.00 bits per heavy atom. The quantitative estimate of drug-likeness (QED) is 0.668. The summed E-state index contributed by atoms with van der Waals surface area (Å²) in [6, 6.07) is 0. The van der Waals surface area contributed by atoms with Crippen molar-refractivity contribution in [1.29, 1.82) is 0 Å². The Morgan fingerprint density at radius 1 is 1.35 bits per heavy atom. The maximum absolute atomic E-state index is 11.9. The minimum atomic E-state index is -1.13. The molecular weight excluding hydrogens is 258 g/mol. The number of rotatable bonds is 8. The highest BCUT2D eigenvalue weighted by Gasteiger charge is 2.56. The first-order valence-corrected chi connectivity index (χ1v) is 7.73. The van der Waals surface area contributed by atoms with E-state index in [9.17, 15) is 9.59 Å². The fraction of sp³-hybridized carbons (Fsp3) is 0.867. The van der Waals surface area contributed by atoms with E-state index in [4.69, 9.17) is 9.84 Å². The molecule has 1 amide bonds. The second-order valence-corrected chi connectivity index (χ2v) is 5.97. The average molecular weight is 283 g/mol.